The van der Waals surface area contributed by atoms with E-state index in [0.717, 1.165) is 10.0 Å². The Bertz CT molecular complexity index is 1270. The van der Waals surface area contributed by atoms with Gasteiger partial charge in [-0.2, -0.15) is 5.10 Å². The van der Waals surface area contributed by atoms with E-state index < -0.39 is 0 Å². The van der Waals surface area contributed by atoms with Crippen LogP contribution in [0.4, 0.5) is 0 Å². The summed E-state index contributed by atoms with van der Waals surface area (Å²) in [7, 11) is 1.59. The van der Waals surface area contributed by atoms with Gasteiger partial charge in [0.1, 0.15) is 17.3 Å². The lowest BCUT2D eigenvalue weighted by Gasteiger charge is -2.12. The van der Waals surface area contributed by atoms with E-state index in [-0.39, 0.29) is 18.2 Å². The van der Waals surface area contributed by atoms with Crippen LogP contribution in [0.25, 0.3) is 6.08 Å². The first-order chi connectivity index (χ1) is 16.0. The molecule has 2 heterocycles. The van der Waals surface area contributed by atoms with Crippen LogP contribution < -0.4 is 4.74 Å². The zero-order valence-corrected chi connectivity index (χ0v) is 21.2. The smallest absolute Gasteiger partial charge is 0.267 e. The van der Waals surface area contributed by atoms with E-state index in [1.54, 1.807) is 49.9 Å². The fraction of sp³-hybridized carbons (Fsp3) is 0.0870. The van der Waals surface area contributed by atoms with Gasteiger partial charge in [-0.1, -0.05) is 28.1 Å². The Labute approximate surface area is 211 Å². The zero-order valence-electron chi connectivity index (χ0n) is 17.2. The van der Waals surface area contributed by atoms with Crippen molar-refractivity contribution in [1.29, 1.82) is 0 Å². The Hall–Kier alpha value is -2.82. The number of benzene rings is 2. The van der Waals surface area contributed by atoms with Crippen LogP contribution in [0.15, 0.2) is 83.3 Å². The maximum atomic E-state index is 13.2. The lowest BCUT2D eigenvalue weighted by molar-refractivity contribution is -0.122. The Morgan fingerprint density at radius 3 is 2.76 bits per heavy atom. The van der Waals surface area contributed by atoms with Gasteiger partial charge in [0.05, 0.1) is 35.5 Å². The van der Waals surface area contributed by atoms with Crippen LogP contribution in [0.5, 0.6) is 11.5 Å². The molecule has 0 atom stereocenters. The number of carbonyl (C=O) groups excluding carboxylic acids is 1. The van der Waals surface area contributed by atoms with Crippen LogP contribution in [0.1, 0.15) is 16.9 Å². The number of thioether (sulfide) groups is 1. The molecule has 1 amide bonds. The monoisotopic (exact) mass is 589 g/mol. The molecule has 1 fully saturated rings. The molecule has 0 spiro atoms. The second-order valence-electron chi connectivity index (χ2n) is 6.78. The summed E-state index contributed by atoms with van der Waals surface area (Å²) in [5.74, 6) is 1.05. The number of methoxy groups -OCH3 is 1. The van der Waals surface area contributed by atoms with Crippen molar-refractivity contribution >= 4 is 67.0 Å². The number of amidine groups is 1. The van der Waals surface area contributed by atoms with Crippen molar-refractivity contribution in [3.8, 4) is 11.5 Å². The average molecular weight is 591 g/mol. The van der Waals surface area contributed by atoms with Crippen LogP contribution in [0, 0.1) is 0 Å². The Morgan fingerprint density at radius 1 is 1.18 bits per heavy atom. The van der Waals surface area contributed by atoms with Gasteiger partial charge in [-0.15, -0.1) is 5.10 Å². The minimum absolute atomic E-state index is 0.0382. The van der Waals surface area contributed by atoms with E-state index in [9.17, 15) is 9.90 Å². The van der Waals surface area contributed by atoms with Gasteiger partial charge in [0, 0.05) is 15.6 Å². The summed E-state index contributed by atoms with van der Waals surface area (Å²) in [6.07, 6.45) is 4.74. The van der Waals surface area contributed by atoms with E-state index in [1.807, 2.05) is 24.3 Å². The predicted molar refractivity (Wildman–Crippen MR) is 136 cm³/mol. The number of hydrogen-bond donors (Lipinski definition) is 1. The van der Waals surface area contributed by atoms with Gasteiger partial charge >= 0.3 is 0 Å². The second kappa shape index (κ2) is 10.4. The molecule has 2 aromatic carbocycles. The number of phenols is 1. The van der Waals surface area contributed by atoms with Crippen molar-refractivity contribution in [3.05, 3.63) is 85.5 Å². The van der Waals surface area contributed by atoms with Gasteiger partial charge in [-0.3, -0.25) is 9.69 Å². The predicted octanol–water partition coefficient (Wildman–Crippen LogP) is 6.03. The number of amides is 1. The van der Waals surface area contributed by atoms with Crippen molar-refractivity contribution in [2.75, 3.05) is 7.11 Å². The highest BCUT2D eigenvalue weighted by atomic mass is 79.9. The van der Waals surface area contributed by atoms with Crippen LogP contribution in [0.2, 0.25) is 0 Å². The third kappa shape index (κ3) is 5.40. The van der Waals surface area contributed by atoms with Crippen molar-refractivity contribution in [1.82, 2.24) is 4.90 Å². The second-order valence-corrected chi connectivity index (χ2v) is 9.55. The normalized spacial score (nSPS) is 16.5. The molecule has 1 aromatic heterocycles. The van der Waals surface area contributed by atoms with E-state index >= 15 is 0 Å². The summed E-state index contributed by atoms with van der Waals surface area (Å²) < 4.78 is 12.0. The Morgan fingerprint density at radius 2 is 2.00 bits per heavy atom. The van der Waals surface area contributed by atoms with E-state index in [2.05, 4.69) is 42.1 Å². The quantitative estimate of drug-likeness (QED) is 0.215. The van der Waals surface area contributed by atoms with Gasteiger partial charge < -0.3 is 14.3 Å². The summed E-state index contributed by atoms with van der Waals surface area (Å²) in [6.45, 7) is 0.202. The minimum Gasteiger partial charge on any atom is -0.506 e. The van der Waals surface area contributed by atoms with E-state index in [1.165, 1.54) is 16.7 Å². The number of rotatable bonds is 6. The molecule has 10 heteroatoms. The largest absolute Gasteiger partial charge is 0.506 e. The van der Waals surface area contributed by atoms with Crippen molar-refractivity contribution in [2.45, 2.75) is 6.54 Å². The third-order valence-electron chi connectivity index (χ3n) is 4.61. The molecular weight excluding hydrogens is 574 g/mol. The number of hydrogen-bond acceptors (Lipinski definition) is 7. The molecule has 1 aliphatic heterocycles. The fourth-order valence-electron chi connectivity index (χ4n) is 3.03. The number of halogens is 2. The first-order valence-corrected chi connectivity index (χ1v) is 12.0. The van der Waals surface area contributed by atoms with Gasteiger partial charge in [0.25, 0.3) is 5.91 Å². The molecule has 1 N–H and O–H groups in total. The fourth-order valence-corrected chi connectivity index (χ4v) is 5.22. The number of phenolic OH excluding ortho intramolecular Hbond substituents is 1. The van der Waals surface area contributed by atoms with Crippen molar-refractivity contribution in [3.63, 3.8) is 0 Å². The van der Waals surface area contributed by atoms with Gasteiger partial charge in [-0.05, 0) is 70.2 Å². The topological polar surface area (TPSA) is 87.6 Å². The number of aromatic hydroxyl groups is 1. The molecule has 1 saturated heterocycles. The maximum Gasteiger partial charge on any atom is 0.267 e. The lowest BCUT2D eigenvalue weighted by atomic mass is 10.2. The van der Waals surface area contributed by atoms with Crippen LogP contribution >= 0.6 is 43.6 Å². The molecular formula is C23H17Br2N3O4S. The molecule has 7 nitrogen and oxygen atoms in total. The molecule has 0 radical (unpaired) electrons. The number of ether oxygens (including phenoxy) is 1. The highest BCUT2D eigenvalue weighted by Crippen LogP contribution is 2.38. The molecule has 0 aliphatic carbocycles. The molecule has 0 bridgehead atoms. The van der Waals surface area contributed by atoms with Crippen molar-refractivity contribution in [2.24, 2.45) is 10.2 Å². The van der Waals surface area contributed by atoms with Crippen LogP contribution in [-0.4, -0.2) is 34.4 Å². The SMILES string of the molecule is COc1ccccc1/C=N/N=C1\S/C(=C\c2cc(Br)cc(Br)c2O)C(=O)N1Cc1ccco1. The standard InChI is InChI=1S/C23H17Br2N3O4S/c1-31-19-7-3-2-5-14(19)12-26-27-23-28(13-17-6-4-8-32-17)22(30)20(33-23)10-15-9-16(24)11-18(25)21(15)29/h2-12,29H,13H2,1H3/b20-10-,26-12+,27-23-. The zero-order chi connectivity index (χ0) is 23.4. The summed E-state index contributed by atoms with van der Waals surface area (Å²) in [4.78, 5) is 15.1. The number of carbonyl (C=O) groups is 1. The molecule has 1 aliphatic rings. The van der Waals surface area contributed by atoms with Gasteiger partial charge in [0.2, 0.25) is 0 Å². The van der Waals surface area contributed by atoms with E-state index in [0.29, 0.717) is 31.6 Å². The minimum atomic E-state index is -0.266. The molecule has 0 unspecified atom stereocenters. The molecule has 33 heavy (non-hydrogen) atoms. The van der Waals surface area contributed by atoms with Crippen molar-refractivity contribution < 1.29 is 19.1 Å². The van der Waals surface area contributed by atoms with Crippen LogP contribution in [0.3, 0.4) is 0 Å². The molecule has 4 rings (SSSR count). The molecule has 0 saturated carbocycles. The maximum absolute atomic E-state index is 13.2. The lowest BCUT2D eigenvalue weighted by Crippen LogP contribution is -2.28. The number of nitrogens with zero attached hydrogens (tertiary/aromatic N) is 3. The third-order valence-corrected chi connectivity index (χ3v) is 6.66. The first-order valence-electron chi connectivity index (χ1n) is 9.62. The highest BCUT2D eigenvalue weighted by Gasteiger charge is 2.34. The molecule has 168 valence electrons. The Balaban J connectivity index is 1.68. The molecule has 3 aromatic rings. The first kappa shape index (κ1) is 23.3. The average Bonchev–Trinajstić information content (AvgIpc) is 3.42. The summed E-state index contributed by atoms with van der Waals surface area (Å²) in [5, 5.41) is 19.3. The number of furan rings is 1. The highest BCUT2D eigenvalue weighted by molar-refractivity contribution is 9.11. The van der Waals surface area contributed by atoms with Gasteiger partial charge in [0.15, 0.2) is 5.17 Å². The summed E-state index contributed by atoms with van der Waals surface area (Å²) in [5.41, 5.74) is 1.25. The van der Waals surface area contributed by atoms with Gasteiger partial charge in [-0.25, -0.2) is 0 Å². The van der Waals surface area contributed by atoms with E-state index in [4.69, 9.17) is 9.15 Å². The van der Waals surface area contributed by atoms with Crippen LogP contribution in [-0.2, 0) is 11.3 Å². The summed E-state index contributed by atoms with van der Waals surface area (Å²) in [6, 6.07) is 14.4. The Kier molecular flexibility index (Phi) is 7.36. The number of para-hydroxylation sites is 1. The summed E-state index contributed by atoms with van der Waals surface area (Å²) >= 11 is 7.89.